The van der Waals surface area contributed by atoms with Crippen LogP contribution in [0.4, 0.5) is 5.69 Å². The van der Waals surface area contributed by atoms with Gasteiger partial charge in [-0.25, -0.2) is 0 Å². The van der Waals surface area contributed by atoms with Crippen LogP contribution in [0, 0.1) is 17.3 Å². The maximum absolute atomic E-state index is 13.5. The van der Waals surface area contributed by atoms with Gasteiger partial charge in [0.05, 0.1) is 5.41 Å². The van der Waals surface area contributed by atoms with Gasteiger partial charge in [0, 0.05) is 23.7 Å². The summed E-state index contributed by atoms with van der Waals surface area (Å²) in [6.07, 6.45) is 4.25. The highest BCUT2D eigenvalue weighted by Crippen LogP contribution is 2.62. The molecule has 4 saturated carbocycles. The highest BCUT2D eigenvalue weighted by atomic mass is 16.5. The third-order valence-electron chi connectivity index (χ3n) is 7.86. The number of carbonyl (C=O) groups is 3. The zero-order valence-corrected chi connectivity index (χ0v) is 19.8. The summed E-state index contributed by atoms with van der Waals surface area (Å²) in [4.78, 5) is 38.4. The van der Waals surface area contributed by atoms with Crippen LogP contribution in [0.25, 0.3) is 11.1 Å². The summed E-state index contributed by atoms with van der Waals surface area (Å²) in [7, 11) is 0. The molecule has 4 fully saturated rings. The minimum atomic E-state index is -0.916. The molecule has 4 aliphatic rings. The zero-order chi connectivity index (χ0) is 23.9. The topological polar surface area (TPSA) is 84.5 Å². The van der Waals surface area contributed by atoms with Crippen LogP contribution in [0.15, 0.2) is 54.6 Å². The van der Waals surface area contributed by atoms with E-state index < -0.39 is 11.5 Å². The fraction of sp³-hybridized carbons (Fsp3) is 0.464. The van der Waals surface area contributed by atoms with Gasteiger partial charge in [0.1, 0.15) is 0 Å². The highest BCUT2D eigenvalue weighted by molar-refractivity contribution is 5.98. The van der Waals surface area contributed by atoms with Crippen LogP contribution in [-0.2, 0) is 19.1 Å². The van der Waals surface area contributed by atoms with E-state index in [0.29, 0.717) is 23.9 Å². The Morgan fingerprint density at radius 3 is 2.26 bits per heavy atom. The monoisotopic (exact) mass is 460 g/mol. The second-order valence-corrected chi connectivity index (χ2v) is 10.7. The zero-order valence-electron chi connectivity index (χ0n) is 19.8. The highest BCUT2D eigenvalue weighted by Gasteiger charge is 2.61. The number of esters is 1. The van der Waals surface area contributed by atoms with Crippen LogP contribution in [0.1, 0.15) is 52.4 Å². The van der Waals surface area contributed by atoms with Crippen molar-refractivity contribution in [3.63, 3.8) is 0 Å². The van der Waals surface area contributed by atoms with Crippen molar-refractivity contribution in [2.24, 2.45) is 17.3 Å². The largest absolute Gasteiger partial charge is 0.452 e. The lowest BCUT2D eigenvalue weighted by Crippen LogP contribution is -2.65. The Kier molecular flexibility index (Phi) is 5.70. The number of rotatable bonds is 6. The lowest BCUT2D eigenvalue weighted by Gasteiger charge is -2.60. The summed E-state index contributed by atoms with van der Waals surface area (Å²) in [5.41, 5.74) is 1.67. The van der Waals surface area contributed by atoms with Gasteiger partial charge >= 0.3 is 5.97 Å². The smallest absolute Gasteiger partial charge is 0.312 e. The first-order chi connectivity index (χ1) is 16.3. The first-order valence-electron chi connectivity index (χ1n) is 12.2. The molecule has 6 heteroatoms. The second kappa shape index (κ2) is 8.57. The van der Waals surface area contributed by atoms with E-state index in [1.165, 1.54) is 0 Å². The van der Waals surface area contributed by atoms with Crippen molar-refractivity contribution in [2.45, 2.75) is 64.0 Å². The van der Waals surface area contributed by atoms with Gasteiger partial charge in [0.25, 0.3) is 5.91 Å². The predicted molar refractivity (Wildman–Crippen MR) is 130 cm³/mol. The van der Waals surface area contributed by atoms with Gasteiger partial charge in [0.15, 0.2) is 6.10 Å². The molecule has 3 unspecified atom stereocenters. The minimum absolute atomic E-state index is 0.0460. The first kappa shape index (κ1) is 22.6. The van der Waals surface area contributed by atoms with Crippen molar-refractivity contribution in [2.75, 3.05) is 5.32 Å². The second-order valence-electron chi connectivity index (χ2n) is 10.7. The molecule has 34 heavy (non-hydrogen) atoms. The third kappa shape index (κ3) is 4.22. The molecule has 0 heterocycles. The van der Waals surface area contributed by atoms with E-state index in [-0.39, 0.29) is 23.3 Å². The molecule has 2 aromatic carbocycles. The maximum atomic E-state index is 13.5. The number of carbonyl (C=O) groups excluding carboxylic acids is 3. The van der Waals surface area contributed by atoms with Crippen molar-refractivity contribution in [3.05, 3.63) is 54.6 Å². The Morgan fingerprint density at radius 1 is 0.941 bits per heavy atom. The van der Waals surface area contributed by atoms with Crippen LogP contribution < -0.4 is 10.6 Å². The van der Waals surface area contributed by atoms with Crippen LogP contribution >= 0.6 is 0 Å². The number of para-hydroxylation sites is 1. The van der Waals surface area contributed by atoms with Gasteiger partial charge in [-0.15, -0.1) is 0 Å². The number of ether oxygens (including phenoxy) is 1. The number of hydrogen-bond acceptors (Lipinski definition) is 4. The molecule has 2 aromatic rings. The fourth-order valence-corrected chi connectivity index (χ4v) is 7.06. The van der Waals surface area contributed by atoms with E-state index in [4.69, 9.17) is 4.74 Å². The van der Waals surface area contributed by atoms with Crippen molar-refractivity contribution in [3.8, 4) is 11.1 Å². The number of benzene rings is 2. The Hall–Kier alpha value is -3.15. The number of anilines is 1. The van der Waals surface area contributed by atoms with E-state index in [2.05, 4.69) is 10.6 Å². The number of amides is 2. The predicted octanol–water partition coefficient (Wildman–Crippen LogP) is 4.70. The van der Waals surface area contributed by atoms with Crippen molar-refractivity contribution in [1.82, 2.24) is 5.32 Å². The Labute approximate surface area is 200 Å². The number of hydrogen-bond donors (Lipinski definition) is 2. The minimum Gasteiger partial charge on any atom is -0.452 e. The lowest BCUT2D eigenvalue weighted by molar-refractivity contribution is -0.181. The van der Waals surface area contributed by atoms with Crippen molar-refractivity contribution >= 4 is 23.5 Å². The van der Waals surface area contributed by atoms with E-state index in [0.717, 1.165) is 43.2 Å². The van der Waals surface area contributed by atoms with Gasteiger partial charge in [-0.1, -0.05) is 48.5 Å². The molecule has 6 rings (SSSR count). The summed E-state index contributed by atoms with van der Waals surface area (Å²) in [6.45, 7) is 3.17. The lowest BCUT2D eigenvalue weighted by atomic mass is 9.47. The van der Waals surface area contributed by atoms with Crippen LogP contribution in [0.3, 0.4) is 0 Å². The molecule has 3 atom stereocenters. The quantitative estimate of drug-likeness (QED) is 0.612. The summed E-state index contributed by atoms with van der Waals surface area (Å²) < 4.78 is 5.80. The molecular formula is C28H32N2O4. The standard InChI is InChI=1S/C28H32N2O4/c1-18(25(32)29-24-11-7-6-10-23(24)22-8-4-3-5-9-22)34-26(33)27-13-20-12-21(14-27)16-28(15-20,17-27)30-19(2)31/h3-11,18,20-21H,12-17H2,1-2H3,(H,29,32)(H,30,31). The molecule has 6 nitrogen and oxygen atoms in total. The Bertz CT molecular complexity index is 1100. The molecule has 178 valence electrons. The maximum Gasteiger partial charge on any atom is 0.312 e. The third-order valence-corrected chi connectivity index (χ3v) is 7.86. The average Bonchev–Trinajstić information content (AvgIpc) is 2.78. The fourth-order valence-electron chi connectivity index (χ4n) is 7.06. The van der Waals surface area contributed by atoms with Gasteiger partial charge < -0.3 is 15.4 Å². The molecule has 0 aromatic heterocycles. The first-order valence-corrected chi connectivity index (χ1v) is 12.2. The van der Waals surface area contributed by atoms with E-state index in [9.17, 15) is 14.4 Å². The van der Waals surface area contributed by atoms with Gasteiger partial charge in [-0.3, -0.25) is 14.4 Å². The van der Waals surface area contributed by atoms with E-state index >= 15 is 0 Å². The van der Waals surface area contributed by atoms with Gasteiger partial charge in [0.2, 0.25) is 5.91 Å². The van der Waals surface area contributed by atoms with Crippen molar-refractivity contribution in [1.29, 1.82) is 0 Å². The molecule has 4 bridgehead atoms. The Morgan fingerprint density at radius 2 is 1.59 bits per heavy atom. The van der Waals surface area contributed by atoms with Crippen molar-refractivity contribution < 1.29 is 19.1 Å². The number of nitrogens with one attached hydrogen (secondary N) is 2. The molecule has 2 amide bonds. The molecule has 2 N–H and O–H groups in total. The molecule has 0 saturated heterocycles. The summed E-state index contributed by atoms with van der Waals surface area (Å²) >= 11 is 0. The van der Waals surface area contributed by atoms with Crippen LogP contribution in [0.2, 0.25) is 0 Å². The van der Waals surface area contributed by atoms with Crippen LogP contribution in [0.5, 0.6) is 0 Å². The summed E-state index contributed by atoms with van der Waals surface area (Å²) in [5, 5.41) is 6.12. The molecule has 4 aliphatic carbocycles. The van der Waals surface area contributed by atoms with Gasteiger partial charge in [-0.2, -0.15) is 0 Å². The van der Waals surface area contributed by atoms with E-state index in [1.807, 2.05) is 54.6 Å². The molecular weight excluding hydrogens is 428 g/mol. The Balaban J connectivity index is 1.29. The molecule has 0 spiro atoms. The summed E-state index contributed by atoms with van der Waals surface area (Å²) in [5.74, 6) is 0.147. The summed E-state index contributed by atoms with van der Waals surface area (Å²) in [6, 6.07) is 17.5. The van der Waals surface area contributed by atoms with Gasteiger partial charge in [-0.05, 0) is 68.9 Å². The van der Waals surface area contributed by atoms with E-state index in [1.54, 1.807) is 13.8 Å². The normalized spacial score (nSPS) is 29.8. The molecule has 0 radical (unpaired) electrons. The van der Waals surface area contributed by atoms with Crippen LogP contribution in [-0.4, -0.2) is 29.4 Å². The molecule has 0 aliphatic heterocycles. The SMILES string of the molecule is CC(=O)NC12CC3CC(C1)CC(C(=O)OC(C)C(=O)Nc1ccccc1-c1ccccc1)(C3)C2. The average molecular weight is 461 g/mol.